The van der Waals surface area contributed by atoms with Crippen LogP contribution in [0.3, 0.4) is 0 Å². The van der Waals surface area contributed by atoms with E-state index < -0.39 is 17.4 Å². The number of hydrogen-bond donors (Lipinski definition) is 2. The molecule has 0 spiro atoms. The number of carbonyl (C=O) groups excluding carboxylic acids is 2. The molecule has 0 aliphatic carbocycles. The molecule has 1 aliphatic heterocycles. The van der Waals surface area contributed by atoms with Gasteiger partial charge >= 0.3 is 5.97 Å². The average Bonchev–Trinajstić information content (AvgIpc) is 3.20. The largest absolute Gasteiger partial charge is 0.481 e. The Hall–Kier alpha value is -3.15. The number of hydrogen-bond acceptors (Lipinski definition) is 3. The molecular weight excluding hydrogens is 368 g/mol. The average molecular weight is 394 g/mol. The molecule has 2 unspecified atom stereocenters. The van der Waals surface area contributed by atoms with Gasteiger partial charge in [0.15, 0.2) is 0 Å². The van der Waals surface area contributed by atoms with Crippen molar-refractivity contribution in [3.05, 3.63) is 71.8 Å². The van der Waals surface area contributed by atoms with Crippen molar-refractivity contribution in [2.24, 2.45) is 11.3 Å². The summed E-state index contributed by atoms with van der Waals surface area (Å²) >= 11 is 0. The van der Waals surface area contributed by atoms with Crippen molar-refractivity contribution in [2.45, 2.75) is 26.3 Å². The highest BCUT2D eigenvalue weighted by Crippen LogP contribution is 2.39. The molecule has 1 heterocycles. The van der Waals surface area contributed by atoms with Crippen molar-refractivity contribution >= 4 is 17.8 Å². The highest BCUT2D eigenvalue weighted by molar-refractivity contribution is 5.98. The van der Waals surface area contributed by atoms with E-state index in [1.807, 2.05) is 38.1 Å². The summed E-state index contributed by atoms with van der Waals surface area (Å²) in [6.45, 7) is 4.24. The summed E-state index contributed by atoms with van der Waals surface area (Å²) < 4.78 is 0. The van der Waals surface area contributed by atoms with Gasteiger partial charge in [-0.15, -0.1) is 0 Å². The van der Waals surface area contributed by atoms with Crippen molar-refractivity contribution in [2.75, 3.05) is 13.1 Å². The summed E-state index contributed by atoms with van der Waals surface area (Å²) in [5, 5.41) is 12.6. The van der Waals surface area contributed by atoms with E-state index in [1.54, 1.807) is 41.3 Å². The Kier molecular flexibility index (Phi) is 6.01. The third kappa shape index (κ3) is 4.16. The van der Waals surface area contributed by atoms with Crippen molar-refractivity contribution < 1.29 is 19.5 Å². The fraction of sp³-hybridized carbons (Fsp3) is 0.348. The molecule has 0 aromatic heterocycles. The molecule has 2 amide bonds. The molecule has 29 heavy (non-hydrogen) atoms. The molecule has 2 atom stereocenters. The molecule has 152 valence electrons. The number of amides is 2. The van der Waals surface area contributed by atoms with Gasteiger partial charge in [-0.25, -0.2) is 0 Å². The maximum Gasteiger partial charge on any atom is 0.311 e. The number of aliphatic carboxylic acids is 1. The minimum Gasteiger partial charge on any atom is -0.481 e. The van der Waals surface area contributed by atoms with Gasteiger partial charge in [0, 0.05) is 18.7 Å². The lowest BCUT2D eigenvalue weighted by atomic mass is 9.76. The first-order valence-electron chi connectivity index (χ1n) is 9.78. The zero-order chi connectivity index (χ0) is 21.0. The SMILES string of the molecule is CC(C)C1(C(=O)O)CCN(C(=O)C(NC(=O)c2ccccc2)c2ccccc2)C1. The Morgan fingerprint density at radius 2 is 1.59 bits per heavy atom. The van der Waals surface area contributed by atoms with Crippen LogP contribution in [0, 0.1) is 11.3 Å². The van der Waals surface area contributed by atoms with Crippen molar-refractivity contribution in [1.82, 2.24) is 10.2 Å². The fourth-order valence-corrected chi connectivity index (χ4v) is 3.83. The molecule has 1 saturated heterocycles. The first kappa shape index (κ1) is 20.6. The molecular formula is C23H26N2O4. The summed E-state index contributed by atoms with van der Waals surface area (Å²) in [5.41, 5.74) is 0.171. The molecule has 2 aromatic rings. The summed E-state index contributed by atoms with van der Waals surface area (Å²) in [6, 6.07) is 16.9. The van der Waals surface area contributed by atoms with Crippen molar-refractivity contribution in [3.8, 4) is 0 Å². The second kappa shape index (κ2) is 8.47. The molecule has 1 fully saturated rings. The number of nitrogens with one attached hydrogen (secondary N) is 1. The molecule has 0 bridgehead atoms. The smallest absolute Gasteiger partial charge is 0.311 e. The third-order valence-corrected chi connectivity index (χ3v) is 5.83. The van der Waals surface area contributed by atoms with E-state index in [-0.39, 0.29) is 24.3 Å². The Bertz CT molecular complexity index is 882. The van der Waals surface area contributed by atoms with Crippen LogP contribution in [0.1, 0.15) is 42.2 Å². The minimum absolute atomic E-state index is 0.105. The predicted octanol–water partition coefficient (Wildman–Crippen LogP) is 3.12. The van der Waals surface area contributed by atoms with Gasteiger partial charge in [0.25, 0.3) is 5.91 Å². The number of likely N-dealkylation sites (tertiary alicyclic amines) is 1. The van der Waals surface area contributed by atoms with E-state index in [0.29, 0.717) is 24.1 Å². The van der Waals surface area contributed by atoms with Gasteiger partial charge in [0.2, 0.25) is 5.91 Å². The van der Waals surface area contributed by atoms with Crippen molar-refractivity contribution in [3.63, 3.8) is 0 Å². The minimum atomic E-state index is -0.958. The zero-order valence-electron chi connectivity index (χ0n) is 16.7. The van der Waals surface area contributed by atoms with E-state index in [2.05, 4.69) is 5.32 Å². The van der Waals surface area contributed by atoms with Gasteiger partial charge in [-0.2, -0.15) is 0 Å². The normalized spacial score (nSPS) is 19.8. The molecule has 2 N–H and O–H groups in total. The van der Waals surface area contributed by atoms with Crippen LogP contribution in [0.5, 0.6) is 0 Å². The summed E-state index contributed by atoms with van der Waals surface area (Å²) in [6.07, 6.45) is 0.403. The second-order valence-electron chi connectivity index (χ2n) is 7.81. The maximum atomic E-state index is 13.4. The number of rotatable bonds is 6. The van der Waals surface area contributed by atoms with Crippen LogP contribution in [-0.4, -0.2) is 40.9 Å². The third-order valence-electron chi connectivity index (χ3n) is 5.83. The number of carbonyl (C=O) groups is 3. The van der Waals surface area contributed by atoms with E-state index in [9.17, 15) is 19.5 Å². The van der Waals surface area contributed by atoms with Gasteiger partial charge in [-0.05, 0) is 30.0 Å². The highest BCUT2D eigenvalue weighted by Gasteiger charge is 2.49. The lowest BCUT2D eigenvalue weighted by molar-refractivity contribution is -0.151. The number of nitrogens with zero attached hydrogens (tertiary/aromatic N) is 1. The zero-order valence-corrected chi connectivity index (χ0v) is 16.7. The monoisotopic (exact) mass is 394 g/mol. The topological polar surface area (TPSA) is 86.7 Å². The molecule has 6 nitrogen and oxygen atoms in total. The maximum absolute atomic E-state index is 13.4. The van der Waals surface area contributed by atoms with E-state index in [1.165, 1.54) is 0 Å². The number of carboxylic acid groups (broad SMARTS) is 1. The van der Waals surface area contributed by atoms with Crippen LogP contribution < -0.4 is 5.32 Å². The quantitative estimate of drug-likeness (QED) is 0.788. The van der Waals surface area contributed by atoms with Crippen molar-refractivity contribution in [1.29, 1.82) is 0 Å². The van der Waals surface area contributed by atoms with Gasteiger partial charge in [0.05, 0.1) is 5.41 Å². The van der Waals surface area contributed by atoms with Crippen LogP contribution >= 0.6 is 0 Å². The highest BCUT2D eigenvalue weighted by atomic mass is 16.4. The number of carboxylic acids is 1. The number of benzene rings is 2. The van der Waals surface area contributed by atoms with E-state index in [4.69, 9.17) is 0 Å². The molecule has 3 rings (SSSR count). The van der Waals surface area contributed by atoms with Gasteiger partial charge in [-0.3, -0.25) is 14.4 Å². The summed E-state index contributed by atoms with van der Waals surface area (Å²) in [4.78, 5) is 39.6. The second-order valence-corrected chi connectivity index (χ2v) is 7.81. The summed E-state index contributed by atoms with van der Waals surface area (Å²) in [5.74, 6) is -1.62. The lowest BCUT2D eigenvalue weighted by Gasteiger charge is -2.30. The van der Waals surface area contributed by atoms with Crippen LogP contribution in [0.2, 0.25) is 0 Å². The Balaban J connectivity index is 1.86. The van der Waals surface area contributed by atoms with Gasteiger partial charge in [0.1, 0.15) is 6.04 Å². The van der Waals surface area contributed by atoms with Crippen LogP contribution in [0.4, 0.5) is 0 Å². The van der Waals surface area contributed by atoms with E-state index >= 15 is 0 Å². The van der Waals surface area contributed by atoms with Gasteiger partial charge < -0.3 is 15.3 Å². The van der Waals surface area contributed by atoms with E-state index in [0.717, 1.165) is 0 Å². The van der Waals surface area contributed by atoms with Crippen LogP contribution in [-0.2, 0) is 9.59 Å². The molecule has 6 heteroatoms. The Morgan fingerprint density at radius 1 is 1.00 bits per heavy atom. The fourth-order valence-electron chi connectivity index (χ4n) is 3.83. The Morgan fingerprint density at radius 3 is 2.10 bits per heavy atom. The lowest BCUT2D eigenvalue weighted by Crippen LogP contribution is -2.45. The molecule has 0 radical (unpaired) electrons. The molecule has 1 aliphatic rings. The first-order valence-corrected chi connectivity index (χ1v) is 9.78. The van der Waals surface area contributed by atoms with Crippen LogP contribution in [0.15, 0.2) is 60.7 Å². The molecule has 0 saturated carbocycles. The first-order chi connectivity index (χ1) is 13.8. The standard InChI is InChI=1S/C23H26N2O4/c1-16(2)23(22(28)29)13-14-25(15-23)21(27)19(17-9-5-3-6-10-17)24-20(26)18-11-7-4-8-12-18/h3-12,16,19H,13-15H2,1-2H3,(H,24,26)(H,28,29). The summed E-state index contributed by atoms with van der Waals surface area (Å²) in [7, 11) is 0. The Labute approximate surface area is 170 Å². The predicted molar refractivity (Wildman–Crippen MR) is 109 cm³/mol. The molecule has 2 aromatic carbocycles. The van der Waals surface area contributed by atoms with Gasteiger partial charge in [-0.1, -0.05) is 62.4 Å². The van der Waals surface area contributed by atoms with Crippen LogP contribution in [0.25, 0.3) is 0 Å².